The Morgan fingerprint density at radius 1 is 1.25 bits per heavy atom. The topological polar surface area (TPSA) is 112 Å². The number of nitrogens with one attached hydrogen (secondary N) is 1. The first-order chi connectivity index (χ1) is 11.2. The molecular formula is C16H18N2O5S. The highest BCUT2D eigenvalue weighted by Crippen LogP contribution is 2.34. The van der Waals surface area contributed by atoms with Gasteiger partial charge in [0.25, 0.3) is 11.8 Å². The Labute approximate surface area is 142 Å². The highest BCUT2D eigenvalue weighted by molar-refractivity contribution is 7.18. The molecule has 2 aromatic rings. The normalized spacial score (nSPS) is 10.7. The summed E-state index contributed by atoms with van der Waals surface area (Å²) in [4.78, 5) is 36.3. The maximum atomic E-state index is 12.2. The minimum Gasteiger partial charge on any atom is -0.459 e. The molecule has 0 spiro atoms. The van der Waals surface area contributed by atoms with Crippen LogP contribution in [0.3, 0.4) is 0 Å². The van der Waals surface area contributed by atoms with Gasteiger partial charge >= 0.3 is 5.97 Å². The Morgan fingerprint density at radius 3 is 2.42 bits per heavy atom. The van der Waals surface area contributed by atoms with Gasteiger partial charge in [-0.25, -0.2) is 4.79 Å². The molecule has 2 rings (SSSR count). The first-order valence-electron chi connectivity index (χ1n) is 7.22. The zero-order valence-corrected chi connectivity index (χ0v) is 14.6. The second-order valence-corrected chi connectivity index (χ2v) is 6.46. The summed E-state index contributed by atoms with van der Waals surface area (Å²) in [5.74, 6) is -1.16. The number of furan rings is 1. The number of primary amides is 1. The van der Waals surface area contributed by atoms with Crippen LogP contribution in [0.15, 0.2) is 16.5 Å². The molecule has 24 heavy (non-hydrogen) atoms. The summed E-state index contributed by atoms with van der Waals surface area (Å²) < 4.78 is 10.4. The van der Waals surface area contributed by atoms with E-state index in [-0.39, 0.29) is 27.3 Å². The molecule has 0 bridgehead atoms. The van der Waals surface area contributed by atoms with Crippen LogP contribution in [0.2, 0.25) is 0 Å². The lowest BCUT2D eigenvalue weighted by Gasteiger charge is -2.06. The quantitative estimate of drug-likeness (QED) is 0.805. The van der Waals surface area contributed by atoms with Gasteiger partial charge in [0, 0.05) is 0 Å². The van der Waals surface area contributed by atoms with Crippen molar-refractivity contribution < 1.29 is 23.5 Å². The van der Waals surface area contributed by atoms with E-state index in [9.17, 15) is 14.4 Å². The third-order valence-corrected chi connectivity index (χ3v) is 4.30. The van der Waals surface area contributed by atoms with Gasteiger partial charge in [-0.15, -0.1) is 11.3 Å². The summed E-state index contributed by atoms with van der Waals surface area (Å²) >= 11 is 0.945. The molecule has 0 fully saturated rings. The van der Waals surface area contributed by atoms with Gasteiger partial charge in [0.15, 0.2) is 5.76 Å². The second kappa shape index (κ2) is 6.88. The molecule has 8 heteroatoms. The standard InChI is InChI=1S/C16H18N2O5S/c1-7(2)22-16(21)12-9(4)11(13(17)19)15(24-12)18-14(20)10-6-5-8(3)23-10/h5-7H,1-4H3,(H2,17,19)(H,18,20). The van der Waals surface area contributed by atoms with Gasteiger partial charge in [0.05, 0.1) is 11.7 Å². The molecule has 0 aliphatic rings. The molecule has 0 unspecified atom stereocenters. The molecule has 0 radical (unpaired) electrons. The van der Waals surface area contributed by atoms with E-state index in [1.807, 2.05) is 0 Å². The lowest BCUT2D eigenvalue weighted by atomic mass is 10.1. The van der Waals surface area contributed by atoms with E-state index in [2.05, 4.69) is 5.32 Å². The van der Waals surface area contributed by atoms with E-state index in [1.165, 1.54) is 6.07 Å². The van der Waals surface area contributed by atoms with Crippen molar-refractivity contribution in [2.24, 2.45) is 5.73 Å². The monoisotopic (exact) mass is 350 g/mol. The van der Waals surface area contributed by atoms with Crippen LogP contribution < -0.4 is 11.1 Å². The van der Waals surface area contributed by atoms with E-state index in [0.29, 0.717) is 11.3 Å². The molecule has 2 amide bonds. The van der Waals surface area contributed by atoms with Crippen LogP contribution in [0.1, 0.15) is 55.8 Å². The molecule has 2 aromatic heterocycles. The van der Waals surface area contributed by atoms with Crippen LogP contribution in [0.25, 0.3) is 0 Å². The average molecular weight is 350 g/mol. The number of hydrogen-bond donors (Lipinski definition) is 2. The molecule has 0 atom stereocenters. The Morgan fingerprint density at radius 2 is 1.92 bits per heavy atom. The fourth-order valence-corrected chi connectivity index (χ4v) is 3.17. The molecule has 2 heterocycles. The second-order valence-electron chi connectivity index (χ2n) is 5.44. The third-order valence-electron chi connectivity index (χ3n) is 3.11. The van der Waals surface area contributed by atoms with Gasteiger partial charge in [0.1, 0.15) is 15.6 Å². The number of ether oxygens (including phenoxy) is 1. The van der Waals surface area contributed by atoms with E-state index in [1.54, 1.807) is 33.8 Å². The van der Waals surface area contributed by atoms with Gasteiger partial charge in [-0.05, 0) is 45.4 Å². The molecule has 0 aliphatic carbocycles. The van der Waals surface area contributed by atoms with Crippen molar-refractivity contribution in [3.63, 3.8) is 0 Å². The number of amides is 2. The molecule has 7 nitrogen and oxygen atoms in total. The van der Waals surface area contributed by atoms with E-state index >= 15 is 0 Å². The SMILES string of the molecule is Cc1ccc(C(=O)Nc2sc(C(=O)OC(C)C)c(C)c2C(N)=O)o1. The first kappa shape index (κ1) is 17.7. The van der Waals surface area contributed by atoms with E-state index in [4.69, 9.17) is 14.9 Å². The summed E-state index contributed by atoms with van der Waals surface area (Å²) in [7, 11) is 0. The van der Waals surface area contributed by atoms with Crippen LogP contribution in [0.5, 0.6) is 0 Å². The van der Waals surface area contributed by atoms with E-state index < -0.39 is 17.8 Å². The minimum atomic E-state index is -0.738. The smallest absolute Gasteiger partial charge is 0.348 e. The summed E-state index contributed by atoms with van der Waals surface area (Å²) in [5, 5.41) is 2.76. The van der Waals surface area contributed by atoms with E-state index in [0.717, 1.165) is 11.3 Å². The minimum absolute atomic E-state index is 0.0901. The lowest BCUT2D eigenvalue weighted by Crippen LogP contribution is -2.17. The summed E-state index contributed by atoms with van der Waals surface area (Å²) in [6.45, 7) is 6.73. The number of carbonyl (C=O) groups is 3. The summed E-state index contributed by atoms with van der Waals surface area (Å²) in [6, 6.07) is 3.16. The fraction of sp³-hybridized carbons (Fsp3) is 0.312. The number of esters is 1. The Bertz CT molecular complexity index is 803. The van der Waals surface area contributed by atoms with Crippen molar-refractivity contribution in [3.05, 3.63) is 39.7 Å². The number of nitrogens with two attached hydrogens (primary N) is 1. The molecule has 3 N–H and O–H groups in total. The lowest BCUT2D eigenvalue weighted by molar-refractivity contribution is 0.0383. The largest absolute Gasteiger partial charge is 0.459 e. The van der Waals surface area contributed by atoms with Crippen molar-refractivity contribution in [3.8, 4) is 0 Å². The first-order valence-corrected chi connectivity index (χ1v) is 8.04. The predicted octanol–water partition coefficient (Wildman–Crippen LogP) is 2.87. The highest BCUT2D eigenvalue weighted by atomic mass is 32.1. The van der Waals surface area contributed by atoms with Gasteiger partial charge in [-0.1, -0.05) is 0 Å². The van der Waals surface area contributed by atoms with Crippen LogP contribution in [-0.2, 0) is 4.74 Å². The molecule has 0 saturated carbocycles. The number of rotatable bonds is 5. The number of aryl methyl sites for hydroxylation is 1. The van der Waals surface area contributed by atoms with Crippen molar-refractivity contribution in [2.45, 2.75) is 33.8 Å². The van der Waals surface area contributed by atoms with Gasteiger partial charge in [-0.3, -0.25) is 9.59 Å². The maximum Gasteiger partial charge on any atom is 0.348 e. The Hall–Kier alpha value is -2.61. The number of hydrogen-bond acceptors (Lipinski definition) is 6. The van der Waals surface area contributed by atoms with Crippen LogP contribution in [-0.4, -0.2) is 23.9 Å². The summed E-state index contributed by atoms with van der Waals surface area (Å²) in [5.41, 5.74) is 5.86. The maximum absolute atomic E-state index is 12.2. The molecule has 0 aromatic carbocycles. The number of anilines is 1. The molecular weight excluding hydrogens is 332 g/mol. The molecule has 0 saturated heterocycles. The van der Waals surface area contributed by atoms with Crippen LogP contribution >= 0.6 is 11.3 Å². The third kappa shape index (κ3) is 3.65. The zero-order valence-electron chi connectivity index (χ0n) is 13.8. The zero-order chi connectivity index (χ0) is 18.0. The highest BCUT2D eigenvalue weighted by Gasteiger charge is 2.26. The molecule has 0 aliphatic heterocycles. The average Bonchev–Trinajstić information content (AvgIpc) is 3.02. The molecule has 128 valence electrons. The van der Waals surface area contributed by atoms with Crippen molar-refractivity contribution in [1.29, 1.82) is 0 Å². The van der Waals surface area contributed by atoms with Crippen molar-refractivity contribution in [1.82, 2.24) is 0 Å². The van der Waals surface area contributed by atoms with Gasteiger partial charge < -0.3 is 20.2 Å². The van der Waals surface area contributed by atoms with Crippen molar-refractivity contribution >= 4 is 34.1 Å². The van der Waals surface area contributed by atoms with Gasteiger partial charge in [-0.2, -0.15) is 0 Å². The number of carbonyl (C=O) groups excluding carboxylic acids is 3. The van der Waals surface area contributed by atoms with Crippen LogP contribution in [0.4, 0.5) is 5.00 Å². The fourth-order valence-electron chi connectivity index (χ4n) is 2.08. The predicted molar refractivity (Wildman–Crippen MR) is 89.5 cm³/mol. The summed E-state index contributed by atoms with van der Waals surface area (Å²) in [6.07, 6.45) is -0.305. The Balaban J connectivity index is 2.36. The van der Waals surface area contributed by atoms with Crippen molar-refractivity contribution in [2.75, 3.05) is 5.32 Å². The van der Waals surface area contributed by atoms with Gasteiger partial charge in [0.2, 0.25) is 0 Å². The number of thiophene rings is 1. The van der Waals surface area contributed by atoms with Crippen LogP contribution in [0, 0.1) is 13.8 Å². The Kier molecular flexibility index (Phi) is 5.08.